The summed E-state index contributed by atoms with van der Waals surface area (Å²) in [7, 11) is 0. The van der Waals surface area contributed by atoms with Gasteiger partial charge in [-0.2, -0.15) is 5.10 Å². The molecule has 8 heteroatoms. The number of rotatable bonds is 1. The number of hydrogen-bond donors (Lipinski definition) is 1. The van der Waals surface area contributed by atoms with Gasteiger partial charge in [0, 0.05) is 26.2 Å². The third-order valence-electron chi connectivity index (χ3n) is 3.27. The van der Waals surface area contributed by atoms with Crippen LogP contribution in [0.15, 0.2) is 11.0 Å². The lowest BCUT2D eigenvalue weighted by Gasteiger charge is -2.27. The fraction of sp³-hybridized carbons (Fsp3) is 0.643. The van der Waals surface area contributed by atoms with E-state index >= 15 is 0 Å². The molecule has 1 amide bonds. The number of nitrogens with zero attached hydrogens (tertiary/aromatic N) is 3. The monoisotopic (exact) mass is 328 g/mol. The number of carbonyl (C=O) groups excluding carboxylic acids is 1. The number of H-pyrrole nitrogens is 1. The molecule has 0 saturated carbocycles. The third-order valence-corrected chi connectivity index (χ3v) is 3.63. The van der Waals surface area contributed by atoms with Gasteiger partial charge < -0.3 is 14.5 Å². The fourth-order valence-corrected chi connectivity index (χ4v) is 2.47. The molecule has 0 bridgehead atoms. The average molecular weight is 329 g/mol. The van der Waals surface area contributed by atoms with Crippen LogP contribution in [0.2, 0.25) is 5.02 Å². The zero-order valence-electron chi connectivity index (χ0n) is 13.1. The molecule has 0 aliphatic carbocycles. The Hall–Kier alpha value is -1.76. The van der Waals surface area contributed by atoms with Crippen LogP contribution >= 0.6 is 11.6 Å². The van der Waals surface area contributed by atoms with Crippen LogP contribution in [0.25, 0.3) is 0 Å². The quantitative estimate of drug-likeness (QED) is 0.851. The molecule has 1 aromatic rings. The highest BCUT2D eigenvalue weighted by atomic mass is 35.5. The summed E-state index contributed by atoms with van der Waals surface area (Å²) in [6.07, 6.45) is 1.99. The molecule has 0 atom stereocenters. The minimum atomic E-state index is -0.511. The Bertz CT molecular complexity index is 596. The van der Waals surface area contributed by atoms with E-state index in [-0.39, 0.29) is 11.1 Å². The van der Waals surface area contributed by atoms with E-state index in [0.717, 1.165) is 6.42 Å². The van der Waals surface area contributed by atoms with Gasteiger partial charge in [0.25, 0.3) is 5.56 Å². The summed E-state index contributed by atoms with van der Waals surface area (Å²) in [4.78, 5) is 27.3. The summed E-state index contributed by atoms with van der Waals surface area (Å²) >= 11 is 6.04. The van der Waals surface area contributed by atoms with Crippen molar-refractivity contribution in [1.82, 2.24) is 15.1 Å². The van der Waals surface area contributed by atoms with E-state index in [9.17, 15) is 9.59 Å². The number of aromatic nitrogens is 2. The zero-order valence-corrected chi connectivity index (χ0v) is 13.8. The highest BCUT2D eigenvalue weighted by Crippen LogP contribution is 2.22. The molecule has 0 unspecified atom stereocenters. The predicted octanol–water partition coefficient (Wildman–Crippen LogP) is 1.87. The van der Waals surface area contributed by atoms with Gasteiger partial charge in [-0.3, -0.25) is 4.79 Å². The minimum absolute atomic E-state index is 0.126. The second kappa shape index (κ2) is 6.56. The van der Waals surface area contributed by atoms with E-state index in [2.05, 4.69) is 10.2 Å². The van der Waals surface area contributed by atoms with Crippen LogP contribution in [0.3, 0.4) is 0 Å². The Morgan fingerprint density at radius 2 is 2.05 bits per heavy atom. The molecular weight excluding hydrogens is 308 g/mol. The lowest BCUT2D eigenvalue weighted by atomic mass is 10.2. The molecule has 2 heterocycles. The standard InChI is InChI=1S/C14H21ClN4O3/c1-14(2,3)22-13(21)19-6-4-5-18(7-8-19)10-9-16-17-12(20)11(10)15/h9H,4-8H2,1-3H3,(H,17,20). The Morgan fingerprint density at radius 1 is 1.32 bits per heavy atom. The predicted molar refractivity (Wildman–Crippen MR) is 84.5 cm³/mol. The highest BCUT2D eigenvalue weighted by Gasteiger charge is 2.25. The van der Waals surface area contributed by atoms with Gasteiger partial charge >= 0.3 is 6.09 Å². The van der Waals surface area contributed by atoms with Crippen LogP contribution in [0.5, 0.6) is 0 Å². The maximum atomic E-state index is 12.1. The van der Waals surface area contributed by atoms with Gasteiger partial charge in [-0.15, -0.1) is 0 Å². The average Bonchev–Trinajstić information content (AvgIpc) is 2.66. The number of nitrogens with one attached hydrogen (secondary N) is 1. The second-order valence-corrected chi connectivity index (χ2v) is 6.58. The van der Waals surface area contributed by atoms with E-state index in [0.29, 0.717) is 31.9 Å². The number of halogens is 1. The third kappa shape index (κ3) is 4.13. The van der Waals surface area contributed by atoms with E-state index in [1.807, 2.05) is 25.7 Å². The number of anilines is 1. The maximum absolute atomic E-state index is 12.1. The molecule has 1 aliphatic heterocycles. The van der Waals surface area contributed by atoms with Crippen molar-refractivity contribution in [3.8, 4) is 0 Å². The number of aromatic amines is 1. The number of hydrogen-bond acceptors (Lipinski definition) is 5. The van der Waals surface area contributed by atoms with Crippen molar-refractivity contribution < 1.29 is 9.53 Å². The van der Waals surface area contributed by atoms with Crippen LogP contribution < -0.4 is 10.5 Å². The maximum Gasteiger partial charge on any atom is 0.410 e. The molecule has 1 saturated heterocycles. The first kappa shape index (κ1) is 16.6. The van der Waals surface area contributed by atoms with Gasteiger partial charge in [0.05, 0.1) is 11.9 Å². The minimum Gasteiger partial charge on any atom is -0.444 e. The molecular formula is C14H21ClN4O3. The van der Waals surface area contributed by atoms with Gasteiger partial charge in [0.2, 0.25) is 0 Å². The van der Waals surface area contributed by atoms with Gasteiger partial charge in [0.15, 0.2) is 0 Å². The lowest BCUT2D eigenvalue weighted by molar-refractivity contribution is 0.0263. The van der Waals surface area contributed by atoms with Crippen LogP contribution in [0.4, 0.5) is 10.5 Å². The largest absolute Gasteiger partial charge is 0.444 e. The summed E-state index contributed by atoms with van der Waals surface area (Å²) in [5, 5.41) is 6.21. The first-order chi connectivity index (χ1) is 10.3. The Kier molecular flexibility index (Phi) is 4.95. The summed E-state index contributed by atoms with van der Waals surface area (Å²) in [6, 6.07) is 0. The first-order valence-corrected chi connectivity index (χ1v) is 7.62. The summed E-state index contributed by atoms with van der Waals surface area (Å²) < 4.78 is 5.39. The molecule has 122 valence electrons. The van der Waals surface area contributed by atoms with Crippen molar-refractivity contribution in [2.24, 2.45) is 0 Å². The van der Waals surface area contributed by atoms with Crippen molar-refractivity contribution in [2.45, 2.75) is 32.8 Å². The molecule has 0 spiro atoms. The molecule has 0 aromatic carbocycles. The Balaban J connectivity index is 2.05. The number of carbonyl (C=O) groups is 1. The van der Waals surface area contributed by atoms with Gasteiger partial charge in [-0.05, 0) is 27.2 Å². The topological polar surface area (TPSA) is 78.5 Å². The van der Waals surface area contributed by atoms with Gasteiger partial charge in [0.1, 0.15) is 10.6 Å². The Morgan fingerprint density at radius 3 is 2.73 bits per heavy atom. The van der Waals surface area contributed by atoms with Crippen molar-refractivity contribution in [3.63, 3.8) is 0 Å². The van der Waals surface area contributed by atoms with E-state index < -0.39 is 11.2 Å². The molecule has 0 radical (unpaired) electrons. The van der Waals surface area contributed by atoms with Gasteiger partial charge in [-0.1, -0.05) is 11.6 Å². The van der Waals surface area contributed by atoms with E-state index in [1.54, 1.807) is 4.90 Å². The molecule has 1 aliphatic rings. The molecule has 7 nitrogen and oxygen atoms in total. The van der Waals surface area contributed by atoms with E-state index in [4.69, 9.17) is 16.3 Å². The number of ether oxygens (including phenoxy) is 1. The fourth-order valence-electron chi connectivity index (χ4n) is 2.26. The van der Waals surface area contributed by atoms with Crippen LogP contribution in [0.1, 0.15) is 27.2 Å². The molecule has 1 fully saturated rings. The molecule has 1 N–H and O–H groups in total. The van der Waals surface area contributed by atoms with Crippen molar-refractivity contribution in [2.75, 3.05) is 31.1 Å². The lowest BCUT2D eigenvalue weighted by Crippen LogP contribution is -2.39. The second-order valence-electron chi connectivity index (χ2n) is 6.21. The van der Waals surface area contributed by atoms with Crippen molar-refractivity contribution in [1.29, 1.82) is 0 Å². The summed E-state index contributed by atoms with van der Waals surface area (Å²) in [6.45, 7) is 7.93. The summed E-state index contributed by atoms with van der Waals surface area (Å²) in [5.41, 5.74) is -0.327. The van der Waals surface area contributed by atoms with Crippen LogP contribution in [-0.4, -0.2) is 53.0 Å². The molecule has 22 heavy (non-hydrogen) atoms. The smallest absolute Gasteiger partial charge is 0.410 e. The number of amides is 1. The Labute approximate surface area is 134 Å². The van der Waals surface area contributed by atoms with Crippen LogP contribution in [-0.2, 0) is 4.74 Å². The summed E-state index contributed by atoms with van der Waals surface area (Å²) in [5.74, 6) is 0. The van der Waals surface area contributed by atoms with Gasteiger partial charge in [-0.25, -0.2) is 9.89 Å². The molecule has 2 rings (SSSR count). The van der Waals surface area contributed by atoms with E-state index in [1.165, 1.54) is 6.20 Å². The van der Waals surface area contributed by atoms with Crippen molar-refractivity contribution in [3.05, 3.63) is 21.6 Å². The highest BCUT2D eigenvalue weighted by molar-refractivity contribution is 6.32. The normalized spacial score (nSPS) is 16.4. The molecule has 1 aromatic heterocycles. The van der Waals surface area contributed by atoms with Crippen LogP contribution in [0, 0.1) is 0 Å². The zero-order chi connectivity index (χ0) is 16.3. The first-order valence-electron chi connectivity index (χ1n) is 7.24. The SMILES string of the molecule is CC(C)(C)OC(=O)N1CCCN(c2cn[nH]c(=O)c2Cl)CC1. The van der Waals surface area contributed by atoms with Crippen molar-refractivity contribution >= 4 is 23.4 Å².